The normalized spacial score (nSPS) is 21.3. The Kier molecular flexibility index (Phi) is 5.25. The standard InChI is InChI=1S/C21H21N3O2S/c25-18-11-5-4-7-15(18)13-19-20(26)24(17-9-2-1-3-10-17)21(27-19)23-16-8-6-12-22-14-16/h4-8,11-14,17,25H,1-3,9-10H2/b19-13-,23-21?. The molecule has 2 heterocycles. The Bertz CT molecular complexity index is 889. The number of hydrogen-bond donors (Lipinski definition) is 1. The molecule has 2 aromatic rings. The zero-order valence-corrected chi connectivity index (χ0v) is 15.7. The molecule has 1 aromatic carbocycles. The monoisotopic (exact) mass is 379 g/mol. The molecule has 138 valence electrons. The molecular weight excluding hydrogens is 358 g/mol. The summed E-state index contributed by atoms with van der Waals surface area (Å²) < 4.78 is 0. The first-order chi connectivity index (χ1) is 13.2. The number of nitrogens with zero attached hydrogens (tertiary/aromatic N) is 3. The van der Waals surface area contributed by atoms with E-state index in [1.165, 1.54) is 18.2 Å². The Balaban J connectivity index is 1.71. The Morgan fingerprint density at radius 3 is 2.70 bits per heavy atom. The van der Waals surface area contributed by atoms with E-state index in [4.69, 9.17) is 4.99 Å². The average Bonchev–Trinajstić information content (AvgIpc) is 3.00. The van der Waals surface area contributed by atoms with Gasteiger partial charge in [0.2, 0.25) is 0 Å². The van der Waals surface area contributed by atoms with Crippen molar-refractivity contribution in [1.82, 2.24) is 9.88 Å². The summed E-state index contributed by atoms with van der Waals surface area (Å²) in [6.07, 6.45) is 10.7. The minimum Gasteiger partial charge on any atom is -0.507 e. The fourth-order valence-electron chi connectivity index (χ4n) is 3.51. The van der Waals surface area contributed by atoms with Crippen LogP contribution in [0.2, 0.25) is 0 Å². The largest absolute Gasteiger partial charge is 0.507 e. The number of phenols is 1. The van der Waals surface area contributed by atoms with Crippen LogP contribution in [-0.4, -0.2) is 32.1 Å². The summed E-state index contributed by atoms with van der Waals surface area (Å²) in [5, 5.41) is 10.8. The number of amides is 1. The number of carbonyl (C=O) groups excluding carboxylic acids is 1. The van der Waals surface area contributed by atoms with Gasteiger partial charge in [0.1, 0.15) is 5.75 Å². The fourth-order valence-corrected chi connectivity index (χ4v) is 4.56. The van der Waals surface area contributed by atoms with Crippen molar-refractivity contribution in [2.24, 2.45) is 4.99 Å². The number of carbonyl (C=O) groups is 1. The number of amidine groups is 1. The Morgan fingerprint density at radius 1 is 1.15 bits per heavy atom. The molecule has 0 unspecified atom stereocenters. The van der Waals surface area contributed by atoms with Gasteiger partial charge < -0.3 is 5.11 Å². The minimum atomic E-state index is -0.0298. The van der Waals surface area contributed by atoms with Crippen LogP contribution in [0.1, 0.15) is 37.7 Å². The zero-order chi connectivity index (χ0) is 18.6. The van der Waals surface area contributed by atoms with E-state index in [-0.39, 0.29) is 17.7 Å². The van der Waals surface area contributed by atoms with Crippen molar-refractivity contribution in [2.75, 3.05) is 0 Å². The van der Waals surface area contributed by atoms with Crippen molar-refractivity contribution in [3.05, 3.63) is 59.3 Å². The highest BCUT2D eigenvalue weighted by molar-refractivity contribution is 8.18. The zero-order valence-electron chi connectivity index (χ0n) is 14.9. The summed E-state index contributed by atoms with van der Waals surface area (Å²) in [7, 11) is 0. The second-order valence-corrected chi connectivity index (χ2v) is 7.75. The van der Waals surface area contributed by atoms with E-state index in [0.29, 0.717) is 15.6 Å². The first kappa shape index (κ1) is 17.8. The van der Waals surface area contributed by atoms with Gasteiger partial charge in [-0.1, -0.05) is 37.5 Å². The maximum absolute atomic E-state index is 13.2. The van der Waals surface area contributed by atoms with Crippen molar-refractivity contribution in [2.45, 2.75) is 38.1 Å². The summed E-state index contributed by atoms with van der Waals surface area (Å²) in [5.74, 6) is 0.137. The van der Waals surface area contributed by atoms with Crippen molar-refractivity contribution in [1.29, 1.82) is 0 Å². The molecule has 2 aliphatic rings. The van der Waals surface area contributed by atoms with Gasteiger partial charge in [0, 0.05) is 17.8 Å². The molecule has 0 radical (unpaired) electrons. The molecule has 0 spiro atoms. The lowest BCUT2D eigenvalue weighted by atomic mass is 9.94. The fraction of sp³-hybridized carbons (Fsp3) is 0.286. The van der Waals surface area contributed by atoms with Crippen LogP contribution in [0.4, 0.5) is 5.69 Å². The molecule has 0 atom stereocenters. The molecule has 1 amide bonds. The molecule has 4 rings (SSSR count). The van der Waals surface area contributed by atoms with E-state index in [0.717, 1.165) is 31.4 Å². The molecule has 1 N–H and O–H groups in total. The number of aromatic hydroxyl groups is 1. The first-order valence-electron chi connectivity index (χ1n) is 9.22. The molecule has 1 aromatic heterocycles. The molecule has 2 fully saturated rings. The van der Waals surface area contributed by atoms with Crippen LogP contribution in [0.3, 0.4) is 0 Å². The van der Waals surface area contributed by atoms with E-state index in [1.54, 1.807) is 36.7 Å². The van der Waals surface area contributed by atoms with Gasteiger partial charge in [-0.2, -0.15) is 0 Å². The predicted octanol–water partition coefficient (Wildman–Crippen LogP) is 4.72. The molecule has 5 nitrogen and oxygen atoms in total. The lowest BCUT2D eigenvalue weighted by Crippen LogP contribution is -2.40. The third-order valence-corrected chi connectivity index (χ3v) is 5.85. The summed E-state index contributed by atoms with van der Waals surface area (Å²) in [4.78, 5) is 24.4. The number of hydrogen-bond acceptors (Lipinski definition) is 5. The van der Waals surface area contributed by atoms with Gasteiger partial charge in [-0.15, -0.1) is 0 Å². The van der Waals surface area contributed by atoms with Crippen molar-refractivity contribution in [3.63, 3.8) is 0 Å². The number of aromatic nitrogens is 1. The molecule has 1 saturated carbocycles. The summed E-state index contributed by atoms with van der Waals surface area (Å²) in [6, 6.07) is 10.9. The summed E-state index contributed by atoms with van der Waals surface area (Å²) in [5.41, 5.74) is 1.37. The molecule has 27 heavy (non-hydrogen) atoms. The van der Waals surface area contributed by atoms with Crippen molar-refractivity contribution < 1.29 is 9.90 Å². The van der Waals surface area contributed by atoms with Crippen LogP contribution in [0, 0.1) is 0 Å². The topological polar surface area (TPSA) is 65.8 Å². The maximum Gasteiger partial charge on any atom is 0.267 e. The summed E-state index contributed by atoms with van der Waals surface area (Å²) >= 11 is 1.37. The lowest BCUT2D eigenvalue weighted by molar-refractivity contribution is -0.124. The van der Waals surface area contributed by atoms with Crippen molar-refractivity contribution >= 4 is 34.6 Å². The number of aliphatic imine (C=N–C) groups is 1. The molecule has 6 heteroatoms. The average molecular weight is 379 g/mol. The van der Waals surface area contributed by atoms with E-state index in [1.807, 2.05) is 23.1 Å². The molecule has 1 aliphatic carbocycles. The second-order valence-electron chi connectivity index (χ2n) is 6.74. The van der Waals surface area contributed by atoms with Crippen LogP contribution >= 0.6 is 11.8 Å². The van der Waals surface area contributed by atoms with Gasteiger partial charge in [-0.05, 0) is 48.9 Å². The van der Waals surface area contributed by atoms with Gasteiger partial charge >= 0.3 is 0 Å². The summed E-state index contributed by atoms with van der Waals surface area (Å²) in [6.45, 7) is 0. The Labute approximate surface area is 162 Å². The molecule has 1 aliphatic heterocycles. The van der Waals surface area contributed by atoms with Crippen LogP contribution in [0.5, 0.6) is 5.75 Å². The first-order valence-corrected chi connectivity index (χ1v) is 10.0. The van der Waals surface area contributed by atoms with E-state index in [9.17, 15) is 9.90 Å². The van der Waals surface area contributed by atoms with Crippen LogP contribution in [0.25, 0.3) is 6.08 Å². The third-order valence-electron chi connectivity index (χ3n) is 4.87. The van der Waals surface area contributed by atoms with Crippen LogP contribution in [-0.2, 0) is 4.79 Å². The lowest BCUT2D eigenvalue weighted by Gasteiger charge is -2.30. The quantitative estimate of drug-likeness (QED) is 0.784. The van der Waals surface area contributed by atoms with Gasteiger partial charge in [0.15, 0.2) is 5.17 Å². The minimum absolute atomic E-state index is 0.0298. The second kappa shape index (κ2) is 7.96. The highest BCUT2D eigenvalue weighted by Gasteiger charge is 2.38. The highest BCUT2D eigenvalue weighted by atomic mass is 32.2. The van der Waals surface area contributed by atoms with Gasteiger partial charge in [0.05, 0.1) is 16.8 Å². The van der Waals surface area contributed by atoms with E-state index >= 15 is 0 Å². The number of pyridine rings is 1. The van der Waals surface area contributed by atoms with E-state index in [2.05, 4.69) is 4.98 Å². The smallest absolute Gasteiger partial charge is 0.267 e. The molecular formula is C21H21N3O2S. The number of thioether (sulfide) groups is 1. The van der Waals surface area contributed by atoms with Gasteiger partial charge in [-0.25, -0.2) is 4.99 Å². The Hall–Kier alpha value is -2.60. The SMILES string of the molecule is O=C1/C(=C/c2ccccc2O)SC(=Nc2cccnc2)N1C1CCCCC1. The van der Waals surface area contributed by atoms with E-state index < -0.39 is 0 Å². The molecule has 0 bridgehead atoms. The molecule has 1 saturated heterocycles. The third kappa shape index (κ3) is 3.90. The van der Waals surface area contributed by atoms with Gasteiger partial charge in [-0.3, -0.25) is 14.7 Å². The highest BCUT2D eigenvalue weighted by Crippen LogP contribution is 2.39. The number of para-hydroxylation sites is 1. The predicted molar refractivity (Wildman–Crippen MR) is 109 cm³/mol. The van der Waals surface area contributed by atoms with Crippen LogP contribution < -0.4 is 0 Å². The van der Waals surface area contributed by atoms with Crippen molar-refractivity contribution in [3.8, 4) is 5.75 Å². The Morgan fingerprint density at radius 2 is 1.96 bits per heavy atom. The van der Waals surface area contributed by atoms with Crippen LogP contribution in [0.15, 0.2) is 58.7 Å². The number of phenolic OH excluding ortho intramolecular Hbond substituents is 1. The number of rotatable bonds is 3. The maximum atomic E-state index is 13.2. The number of benzene rings is 1. The van der Waals surface area contributed by atoms with Gasteiger partial charge in [0.25, 0.3) is 5.91 Å².